The van der Waals surface area contributed by atoms with Crippen molar-refractivity contribution in [1.82, 2.24) is 0 Å². The van der Waals surface area contributed by atoms with E-state index in [1.54, 1.807) is 0 Å². The molecule has 120 valence electrons. The number of benzene rings is 2. The first-order valence-corrected chi connectivity index (χ1v) is 8.15. The Kier molecular flexibility index (Phi) is 9.20. The summed E-state index contributed by atoms with van der Waals surface area (Å²) in [7, 11) is 0. The standard InChI is InChI=1S/2C10H14O/c2*1-2-6-10(11)9-7-4-3-5-8-9/h2*3-5,7-8,10-11H,2,6H2,1H3. The van der Waals surface area contributed by atoms with Gasteiger partial charge in [-0.2, -0.15) is 0 Å². The van der Waals surface area contributed by atoms with Crippen molar-refractivity contribution < 1.29 is 10.2 Å². The molecule has 2 aromatic rings. The Morgan fingerprint density at radius 3 is 1.23 bits per heavy atom. The number of hydrogen-bond acceptors (Lipinski definition) is 2. The zero-order chi connectivity index (χ0) is 16.2. The molecule has 0 saturated carbocycles. The lowest BCUT2D eigenvalue weighted by atomic mass is 10.1. The molecular weight excluding hydrogens is 272 g/mol. The third-order valence-corrected chi connectivity index (χ3v) is 3.49. The summed E-state index contributed by atoms with van der Waals surface area (Å²) in [6.45, 7) is 4.15. The van der Waals surface area contributed by atoms with E-state index in [1.807, 2.05) is 60.7 Å². The molecule has 2 nitrogen and oxygen atoms in total. The Balaban J connectivity index is 0.000000220. The Morgan fingerprint density at radius 2 is 0.955 bits per heavy atom. The number of aliphatic hydroxyl groups excluding tert-OH is 2. The molecule has 0 aliphatic heterocycles. The lowest BCUT2D eigenvalue weighted by Gasteiger charge is -2.07. The first-order valence-electron chi connectivity index (χ1n) is 8.15. The normalized spacial score (nSPS) is 12.9. The van der Waals surface area contributed by atoms with Gasteiger partial charge in [-0.15, -0.1) is 0 Å². The summed E-state index contributed by atoms with van der Waals surface area (Å²) in [6, 6.07) is 19.6. The smallest absolute Gasteiger partial charge is 0.0790 e. The predicted molar refractivity (Wildman–Crippen MR) is 92.6 cm³/mol. The largest absolute Gasteiger partial charge is 0.388 e. The topological polar surface area (TPSA) is 40.5 Å². The molecule has 2 N–H and O–H groups in total. The lowest BCUT2D eigenvalue weighted by Crippen LogP contribution is -1.95. The van der Waals surface area contributed by atoms with Crippen molar-refractivity contribution >= 4 is 0 Å². The fraction of sp³-hybridized carbons (Fsp3) is 0.400. The van der Waals surface area contributed by atoms with Crippen LogP contribution in [0.4, 0.5) is 0 Å². The fourth-order valence-corrected chi connectivity index (χ4v) is 2.23. The highest BCUT2D eigenvalue weighted by molar-refractivity contribution is 5.17. The highest BCUT2D eigenvalue weighted by atomic mass is 16.3. The van der Waals surface area contributed by atoms with E-state index in [4.69, 9.17) is 0 Å². The molecule has 0 fully saturated rings. The summed E-state index contributed by atoms with van der Waals surface area (Å²) in [5.74, 6) is 0. The van der Waals surface area contributed by atoms with Crippen LogP contribution in [0.3, 0.4) is 0 Å². The first-order chi connectivity index (χ1) is 10.7. The van der Waals surface area contributed by atoms with Crippen LogP contribution in [0.5, 0.6) is 0 Å². The molecule has 0 aliphatic rings. The summed E-state index contributed by atoms with van der Waals surface area (Å²) in [5, 5.41) is 19.0. The molecule has 0 amide bonds. The van der Waals surface area contributed by atoms with Crippen LogP contribution in [-0.4, -0.2) is 10.2 Å². The molecule has 0 aliphatic carbocycles. The summed E-state index contributed by atoms with van der Waals surface area (Å²) in [6.07, 6.45) is 3.20. The van der Waals surface area contributed by atoms with Crippen molar-refractivity contribution in [3.8, 4) is 0 Å². The van der Waals surface area contributed by atoms with E-state index < -0.39 is 0 Å². The van der Waals surface area contributed by atoms with E-state index >= 15 is 0 Å². The van der Waals surface area contributed by atoms with Crippen LogP contribution in [0.1, 0.15) is 62.9 Å². The second-order valence-electron chi connectivity index (χ2n) is 5.43. The summed E-state index contributed by atoms with van der Waals surface area (Å²) < 4.78 is 0. The second kappa shape index (κ2) is 11.0. The number of hydrogen-bond donors (Lipinski definition) is 2. The van der Waals surface area contributed by atoms with Gasteiger partial charge in [0.05, 0.1) is 12.2 Å². The van der Waals surface area contributed by atoms with E-state index in [0.29, 0.717) is 0 Å². The fourth-order valence-electron chi connectivity index (χ4n) is 2.23. The van der Waals surface area contributed by atoms with Crippen LogP contribution < -0.4 is 0 Å². The van der Waals surface area contributed by atoms with Gasteiger partial charge < -0.3 is 10.2 Å². The maximum atomic E-state index is 9.52. The Bertz CT molecular complexity index is 434. The van der Waals surface area contributed by atoms with Crippen LogP contribution in [0.2, 0.25) is 0 Å². The maximum Gasteiger partial charge on any atom is 0.0790 e. The molecule has 2 rings (SSSR count). The van der Waals surface area contributed by atoms with Gasteiger partial charge in [0.15, 0.2) is 0 Å². The lowest BCUT2D eigenvalue weighted by molar-refractivity contribution is 0.166. The van der Waals surface area contributed by atoms with Gasteiger partial charge in [-0.3, -0.25) is 0 Å². The van der Waals surface area contributed by atoms with Gasteiger partial charge >= 0.3 is 0 Å². The first kappa shape index (κ1) is 18.4. The Hall–Kier alpha value is -1.64. The van der Waals surface area contributed by atoms with E-state index in [9.17, 15) is 10.2 Å². The molecule has 22 heavy (non-hydrogen) atoms. The van der Waals surface area contributed by atoms with Gasteiger partial charge in [0, 0.05) is 0 Å². The number of rotatable bonds is 6. The van der Waals surface area contributed by atoms with Gasteiger partial charge in [0.2, 0.25) is 0 Å². The van der Waals surface area contributed by atoms with Gasteiger partial charge in [0.1, 0.15) is 0 Å². The van der Waals surface area contributed by atoms with E-state index in [-0.39, 0.29) is 12.2 Å². The van der Waals surface area contributed by atoms with Crippen molar-refractivity contribution in [2.45, 2.75) is 51.7 Å². The summed E-state index contributed by atoms with van der Waals surface area (Å²) in [4.78, 5) is 0. The minimum absolute atomic E-state index is 0.277. The van der Waals surface area contributed by atoms with Crippen LogP contribution in [0.15, 0.2) is 60.7 Å². The van der Waals surface area contributed by atoms with Gasteiger partial charge in [-0.25, -0.2) is 0 Å². The summed E-state index contributed by atoms with van der Waals surface area (Å²) in [5.41, 5.74) is 2.05. The van der Waals surface area contributed by atoms with Crippen molar-refractivity contribution in [2.24, 2.45) is 0 Å². The Morgan fingerprint density at radius 1 is 0.636 bits per heavy atom. The van der Waals surface area contributed by atoms with Crippen LogP contribution in [0.25, 0.3) is 0 Å². The van der Waals surface area contributed by atoms with E-state index in [1.165, 1.54) is 0 Å². The monoisotopic (exact) mass is 300 g/mol. The highest BCUT2D eigenvalue weighted by Crippen LogP contribution is 2.17. The van der Waals surface area contributed by atoms with Crippen LogP contribution in [0, 0.1) is 0 Å². The average Bonchev–Trinajstić information content (AvgIpc) is 2.57. The molecule has 0 spiro atoms. The van der Waals surface area contributed by atoms with Crippen LogP contribution in [-0.2, 0) is 0 Å². The molecule has 0 radical (unpaired) electrons. The molecule has 0 aromatic heterocycles. The summed E-state index contributed by atoms with van der Waals surface area (Å²) >= 11 is 0. The molecular formula is C20H28O2. The zero-order valence-electron chi connectivity index (χ0n) is 13.7. The Labute approximate surface area is 134 Å². The van der Waals surface area contributed by atoms with Gasteiger partial charge in [0.25, 0.3) is 0 Å². The molecule has 2 unspecified atom stereocenters. The van der Waals surface area contributed by atoms with E-state index in [2.05, 4.69) is 13.8 Å². The van der Waals surface area contributed by atoms with Gasteiger partial charge in [-0.1, -0.05) is 87.4 Å². The molecule has 0 bridgehead atoms. The molecule has 0 heterocycles. The second-order valence-corrected chi connectivity index (χ2v) is 5.43. The molecule has 2 heteroatoms. The average molecular weight is 300 g/mol. The third kappa shape index (κ3) is 6.88. The molecule has 2 aromatic carbocycles. The minimum atomic E-state index is -0.277. The predicted octanol–water partition coefficient (Wildman–Crippen LogP) is 5.04. The molecule has 2 atom stereocenters. The van der Waals surface area contributed by atoms with Crippen molar-refractivity contribution in [3.05, 3.63) is 71.8 Å². The molecule has 0 saturated heterocycles. The highest BCUT2D eigenvalue weighted by Gasteiger charge is 2.04. The number of aliphatic hydroxyl groups is 2. The van der Waals surface area contributed by atoms with Crippen LogP contribution >= 0.6 is 0 Å². The van der Waals surface area contributed by atoms with Gasteiger partial charge in [-0.05, 0) is 24.0 Å². The zero-order valence-corrected chi connectivity index (χ0v) is 13.7. The van der Waals surface area contributed by atoms with E-state index in [0.717, 1.165) is 36.8 Å². The van der Waals surface area contributed by atoms with Crippen molar-refractivity contribution in [1.29, 1.82) is 0 Å². The SMILES string of the molecule is CCCC(O)c1ccccc1.CCCC(O)c1ccccc1. The minimum Gasteiger partial charge on any atom is -0.388 e. The van der Waals surface area contributed by atoms with Crippen molar-refractivity contribution in [3.63, 3.8) is 0 Å². The third-order valence-electron chi connectivity index (χ3n) is 3.49. The van der Waals surface area contributed by atoms with Crippen molar-refractivity contribution in [2.75, 3.05) is 0 Å². The quantitative estimate of drug-likeness (QED) is 0.784. The maximum absolute atomic E-state index is 9.52.